The van der Waals surface area contributed by atoms with Crippen molar-refractivity contribution in [3.8, 4) is 0 Å². The number of fused-ring (bicyclic) bond motifs is 6. The molecule has 2 bridgehead atoms. The fraction of sp³-hybridized carbons (Fsp3) is 0.391. The quantitative estimate of drug-likeness (QED) is 0.501. The Labute approximate surface area is 188 Å². The number of likely N-dealkylation sites (tertiary alicyclic amines) is 1. The second-order valence-electron chi connectivity index (χ2n) is 8.98. The molecule has 4 aromatic rings. The fourth-order valence-electron chi connectivity index (χ4n) is 5.48. The second kappa shape index (κ2) is 6.98. The molecule has 3 aromatic heterocycles. The van der Waals surface area contributed by atoms with Crippen LogP contribution < -0.4 is 5.32 Å². The van der Waals surface area contributed by atoms with E-state index in [2.05, 4.69) is 36.4 Å². The van der Waals surface area contributed by atoms with Crippen LogP contribution in [0.3, 0.4) is 0 Å². The van der Waals surface area contributed by atoms with Crippen LogP contribution in [0.2, 0.25) is 0 Å². The van der Waals surface area contributed by atoms with E-state index in [1.807, 2.05) is 18.3 Å². The van der Waals surface area contributed by atoms with Gasteiger partial charge in [0.2, 0.25) is 5.91 Å². The number of carbonyl (C=O) groups excluding carboxylic acids is 1. The van der Waals surface area contributed by atoms with Gasteiger partial charge in [-0.3, -0.25) is 9.89 Å². The van der Waals surface area contributed by atoms with E-state index < -0.39 is 0 Å². The molecule has 2 fully saturated rings. The molecule has 32 heavy (non-hydrogen) atoms. The molecule has 2 aliphatic heterocycles. The van der Waals surface area contributed by atoms with Crippen molar-refractivity contribution in [3.63, 3.8) is 0 Å². The highest BCUT2D eigenvalue weighted by Crippen LogP contribution is 2.41. The summed E-state index contributed by atoms with van der Waals surface area (Å²) in [6, 6.07) is 6.38. The Morgan fingerprint density at radius 1 is 1.31 bits per heavy atom. The summed E-state index contributed by atoms with van der Waals surface area (Å²) < 4.78 is 5.68. The second-order valence-corrected chi connectivity index (χ2v) is 10.1. The maximum absolute atomic E-state index is 13.2. The molecular weight excluding hydrogens is 424 g/mol. The third-order valence-electron chi connectivity index (χ3n) is 7.08. The SMILES string of the molecule is O=C([C@H]1CCc2c(sc3ncnc(Nc4ccc5[nH]ncc5c4)c23)C1)N1C[C@@H]2C[C@H]1CO2. The number of nitrogens with one attached hydrogen (secondary N) is 2. The number of anilines is 2. The van der Waals surface area contributed by atoms with E-state index in [1.54, 1.807) is 17.7 Å². The zero-order valence-electron chi connectivity index (χ0n) is 17.4. The van der Waals surface area contributed by atoms with Gasteiger partial charge in [-0.1, -0.05) is 0 Å². The van der Waals surface area contributed by atoms with E-state index in [-0.39, 0.29) is 18.1 Å². The van der Waals surface area contributed by atoms with Crippen molar-refractivity contribution in [2.24, 2.45) is 5.92 Å². The topological polar surface area (TPSA) is 96.0 Å². The van der Waals surface area contributed by atoms with Gasteiger partial charge in [0.25, 0.3) is 0 Å². The summed E-state index contributed by atoms with van der Waals surface area (Å²) in [7, 11) is 0. The summed E-state index contributed by atoms with van der Waals surface area (Å²) in [6.07, 6.45) is 7.24. The standard InChI is InChI=1S/C23H22N6O2S/c30-23(29-9-16-7-15(29)10-31-16)12-1-3-17-19(6-12)32-22-20(17)21(24-11-25-22)27-14-2-4-18-13(5-14)8-26-28-18/h2,4-5,8,11-12,15-16H,1,3,6-7,9-10H2,(H,26,28)(H,24,25,27)/t12-,15-,16-/m0/s1. The number of morpholine rings is 1. The molecule has 1 aromatic carbocycles. The van der Waals surface area contributed by atoms with Crippen LogP contribution >= 0.6 is 11.3 Å². The molecule has 1 aliphatic carbocycles. The largest absolute Gasteiger partial charge is 0.374 e. The Morgan fingerprint density at radius 2 is 2.28 bits per heavy atom. The monoisotopic (exact) mass is 446 g/mol. The van der Waals surface area contributed by atoms with Crippen LogP contribution in [0.15, 0.2) is 30.7 Å². The van der Waals surface area contributed by atoms with E-state index in [0.717, 1.165) is 64.9 Å². The Morgan fingerprint density at radius 3 is 3.16 bits per heavy atom. The molecule has 9 heteroatoms. The predicted octanol–water partition coefficient (Wildman–Crippen LogP) is 3.42. The summed E-state index contributed by atoms with van der Waals surface area (Å²) in [4.78, 5) is 26.7. The third kappa shape index (κ3) is 2.84. The van der Waals surface area contributed by atoms with E-state index in [9.17, 15) is 4.79 Å². The first-order valence-electron chi connectivity index (χ1n) is 11.1. The first-order valence-corrected chi connectivity index (χ1v) is 11.9. The molecule has 5 heterocycles. The van der Waals surface area contributed by atoms with Crippen LogP contribution in [0.25, 0.3) is 21.1 Å². The van der Waals surface area contributed by atoms with Crippen LogP contribution in [0.5, 0.6) is 0 Å². The number of nitrogens with zero attached hydrogens (tertiary/aromatic N) is 4. The zero-order chi connectivity index (χ0) is 21.2. The fourth-order valence-corrected chi connectivity index (χ4v) is 6.74. The Hall–Kier alpha value is -3.04. The van der Waals surface area contributed by atoms with Gasteiger partial charge in [-0.2, -0.15) is 5.10 Å². The van der Waals surface area contributed by atoms with Crippen molar-refractivity contribution in [3.05, 3.63) is 41.2 Å². The molecular formula is C23H22N6O2S. The number of hydrogen-bond donors (Lipinski definition) is 2. The Balaban J connectivity index is 1.18. The third-order valence-corrected chi connectivity index (χ3v) is 8.24. The van der Waals surface area contributed by atoms with Gasteiger partial charge in [0.15, 0.2) is 0 Å². The van der Waals surface area contributed by atoms with Gasteiger partial charge >= 0.3 is 0 Å². The molecule has 2 N–H and O–H groups in total. The van der Waals surface area contributed by atoms with Crippen molar-refractivity contribution in [1.82, 2.24) is 25.1 Å². The summed E-state index contributed by atoms with van der Waals surface area (Å²) in [6.45, 7) is 1.46. The summed E-state index contributed by atoms with van der Waals surface area (Å²) in [5.41, 5.74) is 3.27. The van der Waals surface area contributed by atoms with Gasteiger partial charge in [0.1, 0.15) is 17.0 Å². The predicted molar refractivity (Wildman–Crippen MR) is 122 cm³/mol. The molecule has 0 saturated carbocycles. The Bertz CT molecular complexity index is 1360. The van der Waals surface area contributed by atoms with Crippen molar-refractivity contribution >= 4 is 49.9 Å². The van der Waals surface area contributed by atoms with E-state index >= 15 is 0 Å². The molecule has 3 atom stereocenters. The lowest BCUT2D eigenvalue weighted by Gasteiger charge is -2.32. The van der Waals surface area contributed by atoms with Crippen LogP contribution in [0, 0.1) is 5.92 Å². The van der Waals surface area contributed by atoms with Crippen LogP contribution in [-0.4, -0.2) is 56.3 Å². The van der Waals surface area contributed by atoms with E-state index in [1.165, 1.54) is 10.4 Å². The van der Waals surface area contributed by atoms with Crippen molar-refractivity contribution in [1.29, 1.82) is 0 Å². The number of rotatable bonds is 3. The van der Waals surface area contributed by atoms with Gasteiger partial charge in [0.05, 0.1) is 35.9 Å². The molecule has 0 radical (unpaired) electrons. The van der Waals surface area contributed by atoms with E-state index in [0.29, 0.717) is 12.5 Å². The number of thiophene rings is 1. The first kappa shape index (κ1) is 18.5. The Kier molecular flexibility index (Phi) is 4.04. The van der Waals surface area contributed by atoms with Crippen LogP contribution in [-0.2, 0) is 22.4 Å². The van der Waals surface area contributed by atoms with Crippen molar-refractivity contribution in [2.75, 3.05) is 18.5 Å². The molecule has 0 spiro atoms. The minimum atomic E-state index is 0.0581. The van der Waals surface area contributed by atoms with Gasteiger partial charge in [0, 0.05) is 28.4 Å². The minimum Gasteiger partial charge on any atom is -0.374 e. The average Bonchev–Trinajstić information content (AvgIpc) is 3.60. The normalized spacial score (nSPS) is 24.4. The molecule has 162 valence electrons. The van der Waals surface area contributed by atoms with E-state index in [4.69, 9.17) is 4.74 Å². The van der Waals surface area contributed by atoms with Gasteiger partial charge < -0.3 is 15.0 Å². The highest BCUT2D eigenvalue weighted by Gasteiger charge is 2.43. The first-order chi connectivity index (χ1) is 15.7. The van der Waals surface area contributed by atoms with Crippen LogP contribution in [0.4, 0.5) is 11.5 Å². The number of carbonyl (C=O) groups is 1. The maximum Gasteiger partial charge on any atom is 0.226 e. The number of H-pyrrole nitrogens is 1. The number of benzene rings is 1. The van der Waals surface area contributed by atoms with Gasteiger partial charge in [-0.15, -0.1) is 11.3 Å². The van der Waals surface area contributed by atoms with Crippen LogP contribution in [0.1, 0.15) is 23.3 Å². The number of aromatic amines is 1. The summed E-state index contributed by atoms with van der Waals surface area (Å²) >= 11 is 1.71. The maximum atomic E-state index is 13.2. The van der Waals surface area contributed by atoms with Crippen molar-refractivity contribution < 1.29 is 9.53 Å². The number of aryl methyl sites for hydroxylation is 1. The minimum absolute atomic E-state index is 0.0581. The van der Waals surface area contributed by atoms with Gasteiger partial charge in [-0.25, -0.2) is 9.97 Å². The molecule has 2 saturated heterocycles. The zero-order valence-corrected chi connectivity index (χ0v) is 18.2. The lowest BCUT2D eigenvalue weighted by atomic mass is 9.86. The molecule has 8 nitrogen and oxygen atoms in total. The summed E-state index contributed by atoms with van der Waals surface area (Å²) in [5.74, 6) is 1.19. The highest BCUT2D eigenvalue weighted by atomic mass is 32.1. The van der Waals surface area contributed by atoms with Crippen molar-refractivity contribution in [2.45, 2.75) is 37.8 Å². The molecule has 3 aliphatic rings. The smallest absolute Gasteiger partial charge is 0.226 e. The summed E-state index contributed by atoms with van der Waals surface area (Å²) in [5, 5.41) is 12.7. The number of amides is 1. The lowest BCUT2D eigenvalue weighted by Crippen LogP contribution is -2.45. The molecule has 0 unspecified atom stereocenters. The highest BCUT2D eigenvalue weighted by molar-refractivity contribution is 7.19. The number of hydrogen-bond acceptors (Lipinski definition) is 7. The number of aromatic nitrogens is 4. The lowest BCUT2D eigenvalue weighted by molar-refractivity contribution is -0.140. The number of ether oxygens (including phenoxy) is 1. The average molecular weight is 447 g/mol. The molecule has 1 amide bonds. The molecule has 7 rings (SSSR count). The van der Waals surface area contributed by atoms with Gasteiger partial charge in [-0.05, 0) is 49.4 Å².